The molecule has 1 N–H and O–H groups in total. The van der Waals surface area contributed by atoms with Gasteiger partial charge in [0.25, 0.3) is 10.1 Å². The van der Waals surface area contributed by atoms with E-state index in [0.717, 1.165) is 39.3 Å². The van der Waals surface area contributed by atoms with Crippen molar-refractivity contribution in [2.75, 3.05) is 14.2 Å². The number of hydrogen-bond donors (Lipinski definition) is 1. The van der Waals surface area contributed by atoms with Crippen LogP contribution in [0.15, 0.2) is 59.5 Å². The fourth-order valence-corrected chi connectivity index (χ4v) is 4.92. The summed E-state index contributed by atoms with van der Waals surface area (Å²) < 4.78 is 45.0. The van der Waals surface area contributed by atoms with Crippen LogP contribution in [-0.2, 0) is 16.5 Å². The van der Waals surface area contributed by atoms with Crippen LogP contribution in [0.4, 0.5) is 0 Å². The minimum absolute atomic E-state index is 0.0470. The standard InChI is InChI=1S/C26H30O5S/c1-17-8-13-26(32(27,28)29)20(14-17)9-10-21(22-15-18(2)6-11-24(22)30-4)23-16-19(3)7-12-25(23)31-5/h6-8,11-16,21H,9-10H2,1-5H3,(H,27,28,29). The van der Waals surface area contributed by atoms with Crippen molar-refractivity contribution < 1.29 is 22.4 Å². The van der Waals surface area contributed by atoms with Crippen molar-refractivity contribution in [2.45, 2.75) is 44.4 Å². The molecule has 3 aromatic rings. The van der Waals surface area contributed by atoms with Gasteiger partial charge in [-0.2, -0.15) is 8.42 Å². The van der Waals surface area contributed by atoms with Crippen LogP contribution in [0.5, 0.6) is 11.5 Å². The molecule has 32 heavy (non-hydrogen) atoms. The number of methoxy groups -OCH3 is 2. The highest BCUT2D eigenvalue weighted by Gasteiger charge is 2.24. The van der Waals surface area contributed by atoms with Crippen molar-refractivity contribution in [2.24, 2.45) is 0 Å². The second kappa shape index (κ2) is 9.76. The molecule has 0 radical (unpaired) electrons. The average molecular weight is 455 g/mol. The van der Waals surface area contributed by atoms with Gasteiger partial charge in [-0.15, -0.1) is 0 Å². The van der Waals surface area contributed by atoms with Crippen molar-refractivity contribution in [3.8, 4) is 11.5 Å². The second-order valence-corrected chi connectivity index (χ2v) is 9.56. The van der Waals surface area contributed by atoms with Crippen molar-refractivity contribution in [1.82, 2.24) is 0 Å². The highest BCUT2D eigenvalue weighted by Crippen LogP contribution is 2.40. The molecule has 3 aromatic carbocycles. The molecule has 0 aliphatic carbocycles. The molecule has 0 aliphatic heterocycles. The Balaban J connectivity index is 2.13. The van der Waals surface area contributed by atoms with Gasteiger partial charge >= 0.3 is 0 Å². The lowest BCUT2D eigenvalue weighted by molar-refractivity contribution is 0.397. The van der Waals surface area contributed by atoms with E-state index in [1.807, 2.05) is 51.1 Å². The third kappa shape index (κ3) is 5.31. The summed E-state index contributed by atoms with van der Waals surface area (Å²) in [5.41, 5.74) is 5.76. The van der Waals surface area contributed by atoms with Crippen LogP contribution in [0.25, 0.3) is 0 Å². The van der Waals surface area contributed by atoms with E-state index in [-0.39, 0.29) is 10.8 Å². The maximum atomic E-state index is 12.0. The molecule has 0 bridgehead atoms. The Labute approximate surface area is 190 Å². The average Bonchev–Trinajstić information content (AvgIpc) is 2.73. The monoisotopic (exact) mass is 454 g/mol. The summed E-state index contributed by atoms with van der Waals surface area (Å²) in [6.07, 6.45) is 1.06. The maximum absolute atomic E-state index is 12.0. The van der Waals surface area contributed by atoms with E-state index in [4.69, 9.17) is 9.47 Å². The quantitative estimate of drug-likeness (QED) is 0.446. The van der Waals surface area contributed by atoms with Crippen LogP contribution in [0.1, 0.15) is 45.7 Å². The van der Waals surface area contributed by atoms with Gasteiger partial charge in [-0.25, -0.2) is 0 Å². The minimum Gasteiger partial charge on any atom is -0.496 e. The lowest BCUT2D eigenvalue weighted by Gasteiger charge is -2.24. The predicted molar refractivity (Wildman–Crippen MR) is 127 cm³/mol. The van der Waals surface area contributed by atoms with Gasteiger partial charge in [0.15, 0.2) is 0 Å². The lowest BCUT2D eigenvalue weighted by Crippen LogP contribution is -2.10. The molecule has 6 heteroatoms. The first-order valence-corrected chi connectivity index (χ1v) is 11.9. The smallest absolute Gasteiger partial charge is 0.294 e. The van der Waals surface area contributed by atoms with Crippen LogP contribution in [0, 0.1) is 20.8 Å². The Morgan fingerprint density at radius 2 is 1.25 bits per heavy atom. The molecule has 0 unspecified atom stereocenters. The third-order valence-corrected chi connectivity index (χ3v) is 6.67. The second-order valence-electron chi connectivity index (χ2n) is 8.17. The molecule has 0 fully saturated rings. The summed E-state index contributed by atoms with van der Waals surface area (Å²) >= 11 is 0. The van der Waals surface area contributed by atoms with Gasteiger partial charge in [-0.05, 0) is 57.4 Å². The first-order chi connectivity index (χ1) is 15.1. The van der Waals surface area contributed by atoms with Crippen molar-refractivity contribution in [1.29, 1.82) is 0 Å². The van der Waals surface area contributed by atoms with Gasteiger partial charge in [0.1, 0.15) is 11.5 Å². The van der Waals surface area contributed by atoms with Crippen LogP contribution < -0.4 is 9.47 Å². The van der Waals surface area contributed by atoms with E-state index < -0.39 is 10.1 Å². The summed E-state index contributed by atoms with van der Waals surface area (Å²) in [5, 5.41) is 0. The molecule has 170 valence electrons. The van der Waals surface area contributed by atoms with Gasteiger partial charge < -0.3 is 9.47 Å². The molecule has 0 spiro atoms. The highest BCUT2D eigenvalue weighted by atomic mass is 32.2. The zero-order valence-electron chi connectivity index (χ0n) is 19.2. The van der Waals surface area contributed by atoms with Crippen molar-refractivity contribution in [3.05, 3.63) is 88.0 Å². The zero-order chi connectivity index (χ0) is 23.5. The molecule has 0 saturated heterocycles. The summed E-state index contributed by atoms with van der Waals surface area (Å²) in [6, 6.07) is 17.1. The number of benzene rings is 3. The third-order valence-electron chi connectivity index (χ3n) is 5.72. The van der Waals surface area contributed by atoms with Gasteiger partial charge in [0.05, 0.1) is 19.1 Å². The largest absolute Gasteiger partial charge is 0.496 e. The predicted octanol–water partition coefficient (Wildman–Crippen LogP) is 5.64. The molecule has 0 saturated carbocycles. The lowest BCUT2D eigenvalue weighted by atomic mass is 9.84. The SMILES string of the molecule is COc1ccc(C)cc1C(CCc1cc(C)ccc1S(=O)(=O)O)c1cc(C)ccc1OC. The van der Waals surface area contributed by atoms with Gasteiger partial charge in [0, 0.05) is 17.0 Å². The molecule has 5 nitrogen and oxygen atoms in total. The molecule has 0 aliphatic rings. The van der Waals surface area contributed by atoms with Crippen LogP contribution in [0.2, 0.25) is 0 Å². The Hall–Kier alpha value is -2.83. The zero-order valence-corrected chi connectivity index (χ0v) is 20.0. The van der Waals surface area contributed by atoms with Gasteiger partial charge in [-0.1, -0.05) is 53.1 Å². The van der Waals surface area contributed by atoms with E-state index in [9.17, 15) is 13.0 Å². The first kappa shape index (κ1) is 23.8. The van der Waals surface area contributed by atoms with Gasteiger partial charge in [0.2, 0.25) is 0 Å². The summed E-state index contributed by atoms with van der Waals surface area (Å²) in [5.74, 6) is 1.43. The van der Waals surface area contributed by atoms with Crippen LogP contribution in [-0.4, -0.2) is 27.2 Å². The molecule has 0 atom stereocenters. The van der Waals surface area contributed by atoms with Crippen molar-refractivity contribution >= 4 is 10.1 Å². The Bertz CT molecular complexity index is 1160. The Morgan fingerprint density at radius 3 is 1.72 bits per heavy atom. The van der Waals surface area contributed by atoms with Crippen LogP contribution in [0.3, 0.4) is 0 Å². The highest BCUT2D eigenvalue weighted by molar-refractivity contribution is 7.85. The minimum atomic E-state index is -4.32. The van der Waals surface area contributed by atoms with E-state index in [0.29, 0.717) is 18.4 Å². The normalized spacial score (nSPS) is 11.6. The molecule has 3 rings (SSSR count). The molecule has 0 heterocycles. The number of hydrogen-bond acceptors (Lipinski definition) is 4. The number of rotatable bonds is 8. The number of aryl methyl sites for hydroxylation is 4. The maximum Gasteiger partial charge on any atom is 0.294 e. The van der Waals surface area contributed by atoms with E-state index in [2.05, 4.69) is 12.1 Å². The summed E-state index contributed by atoms with van der Waals surface area (Å²) in [6.45, 7) is 5.97. The van der Waals surface area contributed by atoms with E-state index in [1.54, 1.807) is 20.3 Å². The van der Waals surface area contributed by atoms with Gasteiger partial charge in [-0.3, -0.25) is 4.55 Å². The summed E-state index contributed by atoms with van der Waals surface area (Å²) in [4.78, 5) is -0.0470. The van der Waals surface area contributed by atoms with E-state index in [1.165, 1.54) is 6.07 Å². The summed E-state index contributed by atoms with van der Waals surface area (Å²) in [7, 11) is -1.02. The molecule has 0 aromatic heterocycles. The molecule has 0 amide bonds. The first-order valence-electron chi connectivity index (χ1n) is 10.5. The fraction of sp³-hybridized carbons (Fsp3) is 0.308. The molecular formula is C26H30O5S. The topological polar surface area (TPSA) is 72.8 Å². The van der Waals surface area contributed by atoms with Crippen LogP contribution >= 0.6 is 0 Å². The molecular weight excluding hydrogens is 424 g/mol. The fourth-order valence-electron chi connectivity index (χ4n) is 4.19. The Morgan fingerprint density at radius 1 is 0.781 bits per heavy atom. The number of ether oxygens (including phenoxy) is 2. The van der Waals surface area contributed by atoms with Crippen molar-refractivity contribution in [3.63, 3.8) is 0 Å². The Kier molecular flexibility index (Phi) is 7.26. The van der Waals surface area contributed by atoms with E-state index >= 15 is 0 Å².